The van der Waals surface area contributed by atoms with Gasteiger partial charge < -0.3 is 0 Å². The van der Waals surface area contributed by atoms with Crippen molar-refractivity contribution >= 4 is 0 Å². The van der Waals surface area contributed by atoms with E-state index in [-0.39, 0.29) is 0 Å². The molecule has 2 aromatic carbocycles. The van der Waals surface area contributed by atoms with Gasteiger partial charge in [-0.1, -0.05) is 0 Å². The van der Waals surface area contributed by atoms with E-state index in [0.717, 1.165) is 0 Å². The van der Waals surface area contributed by atoms with Crippen LogP contribution in [0.1, 0.15) is 34.5 Å². The third kappa shape index (κ3) is 2.23. The van der Waals surface area contributed by atoms with Gasteiger partial charge in [-0.3, -0.25) is 0 Å². The molecule has 102 valence electrons. The Morgan fingerprint density at radius 1 is 0.952 bits per heavy atom. The summed E-state index contributed by atoms with van der Waals surface area (Å²) >= 11 is -0.623. The van der Waals surface area contributed by atoms with Gasteiger partial charge in [0.05, 0.1) is 0 Å². The van der Waals surface area contributed by atoms with Gasteiger partial charge >= 0.3 is 138 Å². The summed E-state index contributed by atoms with van der Waals surface area (Å²) in [5.74, 6) is 0. The van der Waals surface area contributed by atoms with Gasteiger partial charge in [0, 0.05) is 0 Å². The second-order valence-electron chi connectivity index (χ2n) is 5.72. The van der Waals surface area contributed by atoms with Crippen molar-refractivity contribution in [3.63, 3.8) is 0 Å². The zero-order chi connectivity index (χ0) is 14.2. The monoisotopic (exact) mass is 348 g/mol. The maximum absolute atomic E-state index is 2.36. The van der Waals surface area contributed by atoms with Crippen LogP contribution in [-0.4, -0.2) is 0 Å². The Bertz CT molecular complexity index is 706. The molecule has 1 heteroatoms. The maximum atomic E-state index is 2.36. The SMILES string of the molecule is CCC1=[C]([Zr][CH]2c3ccccc3-c3ccccc32)CC=C1. The van der Waals surface area contributed by atoms with Crippen molar-refractivity contribution in [2.24, 2.45) is 0 Å². The zero-order valence-corrected chi connectivity index (χ0v) is 14.7. The van der Waals surface area contributed by atoms with E-state index in [2.05, 4.69) is 67.6 Å². The number of fused-ring (bicyclic) bond motifs is 3. The molecule has 0 unspecified atom stereocenters. The van der Waals surface area contributed by atoms with Gasteiger partial charge in [0.2, 0.25) is 0 Å². The first-order valence-corrected chi connectivity index (χ1v) is 10.4. The topological polar surface area (TPSA) is 0 Å². The van der Waals surface area contributed by atoms with Gasteiger partial charge in [0.1, 0.15) is 0 Å². The molecule has 2 aliphatic rings. The average Bonchev–Trinajstić information content (AvgIpc) is 3.11. The fourth-order valence-corrected chi connectivity index (χ4v) is 8.05. The molecule has 0 amide bonds. The second-order valence-corrected chi connectivity index (χ2v) is 9.33. The van der Waals surface area contributed by atoms with Crippen LogP contribution in [0.5, 0.6) is 0 Å². The van der Waals surface area contributed by atoms with Gasteiger partial charge in [-0.15, -0.1) is 0 Å². The molecule has 4 rings (SSSR count). The Hall–Kier alpha value is -1.20. The van der Waals surface area contributed by atoms with Gasteiger partial charge in [0.15, 0.2) is 0 Å². The molecule has 0 N–H and O–H groups in total. The van der Waals surface area contributed by atoms with Gasteiger partial charge in [-0.25, -0.2) is 0 Å². The first kappa shape index (κ1) is 13.5. The minimum absolute atomic E-state index is 0.623. The molecule has 2 aliphatic carbocycles. The number of rotatable bonds is 3. The van der Waals surface area contributed by atoms with Crippen LogP contribution < -0.4 is 0 Å². The Labute approximate surface area is 138 Å². The molecule has 21 heavy (non-hydrogen) atoms. The molecule has 0 saturated heterocycles. The summed E-state index contributed by atoms with van der Waals surface area (Å²) in [6.07, 6.45) is 7.14. The van der Waals surface area contributed by atoms with Crippen molar-refractivity contribution < 1.29 is 23.2 Å². The zero-order valence-electron chi connectivity index (χ0n) is 12.3. The van der Waals surface area contributed by atoms with Crippen molar-refractivity contribution in [1.82, 2.24) is 0 Å². The molecule has 0 atom stereocenters. The predicted molar refractivity (Wildman–Crippen MR) is 84.8 cm³/mol. The van der Waals surface area contributed by atoms with Crippen molar-refractivity contribution in [3.8, 4) is 11.1 Å². The molecular weight excluding hydrogens is 331 g/mol. The molecule has 0 heterocycles. The Balaban J connectivity index is 1.79. The van der Waals surface area contributed by atoms with Crippen LogP contribution in [0, 0.1) is 0 Å². The first-order valence-electron chi connectivity index (χ1n) is 7.72. The Kier molecular flexibility index (Phi) is 3.55. The fourth-order valence-electron chi connectivity index (χ4n) is 3.52. The molecule has 0 bridgehead atoms. The van der Waals surface area contributed by atoms with Crippen LogP contribution >= 0.6 is 0 Å². The molecule has 0 radical (unpaired) electrons. The predicted octanol–water partition coefficient (Wildman–Crippen LogP) is 5.46. The van der Waals surface area contributed by atoms with Crippen LogP contribution in [-0.2, 0) is 23.2 Å². The number of allylic oxidation sites excluding steroid dienone is 4. The summed E-state index contributed by atoms with van der Waals surface area (Å²) in [5.41, 5.74) is 7.75. The third-order valence-corrected chi connectivity index (χ3v) is 8.95. The summed E-state index contributed by atoms with van der Waals surface area (Å²) in [6.45, 7) is 2.29. The van der Waals surface area contributed by atoms with E-state index in [1.54, 1.807) is 20.0 Å². The summed E-state index contributed by atoms with van der Waals surface area (Å²) in [4.78, 5) is 0. The van der Waals surface area contributed by atoms with E-state index in [1.807, 2.05) is 0 Å². The second kappa shape index (κ2) is 5.54. The fraction of sp³-hybridized carbons (Fsp3) is 0.200. The van der Waals surface area contributed by atoms with Crippen molar-refractivity contribution in [2.75, 3.05) is 0 Å². The van der Waals surface area contributed by atoms with Gasteiger partial charge in [-0.05, 0) is 0 Å². The molecule has 0 nitrogen and oxygen atoms in total. The Morgan fingerprint density at radius 3 is 2.19 bits per heavy atom. The van der Waals surface area contributed by atoms with Crippen LogP contribution in [0.4, 0.5) is 0 Å². The van der Waals surface area contributed by atoms with E-state index < -0.39 is 23.2 Å². The van der Waals surface area contributed by atoms with E-state index in [4.69, 9.17) is 0 Å². The third-order valence-electron chi connectivity index (χ3n) is 4.56. The van der Waals surface area contributed by atoms with Crippen LogP contribution in [0.15, 0.2) is 69.5 Å². The van der Waals surface area contributed by atoms with Crippen molar-refractivity contribution in [3.05, 3.63) is 80.7 Å². The van der Waals surface area contributed by atoms with E-state index in [9.17, 15) is 0 Å². The number of hydrogen-bond acceptors (Lipinski definition) is 0. The van der Waals surface area contributed by atoms with Crippen LogP contribution in [0.25, 0.3) is 11.1 Å². The molecule has 0 saturated carbocycles. The summed E-state index contributed by atoms with van der Waals surface area (Å²) in [7, 11) is 0. The summed E-state index contributed by atoms with van der Waals surface area (Å²) in [6, 6.07) is 18.1. The molecule has 0 fully saturated rings. The standard InChI is InChI=1S/C13H9.C7H9.Zr/c1-3-7-12-10(5-1)9-11-6-2-4-8-13(11)12;1-2-7-5-3-4-6-7;/h1-9H;3,5H,2,4H2,1H3;. The molecule has 0 spiro atoms. The minimum atomic E-state index is -0.623. The summed E-state index contributed by atoms with van der Waals surface area (Å²) in [5, 5.41) is 0. The van der Waals surface area contributed by atoms with Crippen LogP contribution in [0.3, 0.4) is 0 Å². The first-order chi connectivity index (χ1) is 10.4. The molecule has 2 aromatic rings. The average molecular weight is 350 g/mol. The van der Waals surface area contributed by atoms with E-state index in [1.165, 1.54) is 24.0 Å². The molecular formula is C20H18Zr. The molecule has 0 aromatic heterocycles. The number of hydrogen-bond donors (Lipinski definition) is 0. The van der Waals surface area contributed by atoms with E-state index >= 15 is 0 Å². The summed E-state index contributed by atoms with van der Waals surface area (Å²) < 4.78 is 2.51. The quantitative estimate of drug-likeness (QED) is 0.690. The van der Waals surface area contributed by atoms with Crippen molar-refractivity contribution in [2.45, 2.75) is 23.4 Å². The number of benzene rings is 2. The Morgan fingerprint density at radius 2 is 1.57 bits per heavy atom. The van der Waals surface area contributed by atoms with E-state index in [0.29, 0.717) is 3.63 Å². The van der Waals surface area contributed by atoms with Crippen molar-refractivity contribution in [1.29, 1.82) is 0 Å². The molecule has 0 aliphatic heterocycles. The van der Waals surface area contributed by atoms with Gasteiger partial charge in [-0.2, -0.15) is 0 Å². The van der Waals surface area contributed by atoms with Gasteiger partial charge in [0.25, 0.3) is 0 Å². The normalized spacial score (nSPS) is 16.2. The van der Waals surface area contributed by atoms with Crippen LogP contribution in [0.2, 0.25) is 0 Å².